The van der Waals surface area contributed by atoms with Gasteiger partial charge in [0.2, 0.25) is 0 Å². The summed E-state index contributed by atoms with van der Waals surface area (Å²) in [7, 11) is 0. The van der Waals surface area contributed by atoms with Gasteiger partial charge in [-0.2, -0.15) is 0 Å². The van der Waals surface area contributed by atoms with Crippen LogP contribution in [-0.2, 0) is 27.4 Å². The molecule has 0 aromatic heterocycles. The van der Waals surface area contributed by atoms with E-state index in [9.17, 15) is 4.79 Å². The van der Waals surface area contributed by atoms with Crippen LogP contribution in [-0.4, -0.2) is 19.2 Å². The monoisotopic (exact) mass is 468 g/mol. The molecule has 1 fully saturated rings. The van der Waals surface area contributed by atoms with Crippen LogP contribution in [0.3, 0.4) is 0 Å². The maximum absolute atomic E-state index is 12.7. The summed E-state index contributed by atoms with van der Waals surface area (Å²) in [5.41, 5.74) is 3.01. The highest BCUT2D eigenvalue weighted by Gasteiger charge is 2.28. The lowest BCUT2D eigenvalue weighted by Gasteiger charge is -2.19. The number of hydrogen-bond acceptors (Lipinski definition) is 5. The minimum atomic E-state index is -0.605. The lowest BCUT2D eigenvalue weighted by Crippen LogP contribution is -2.11. The number of halogens is 1. The van der Waals surface area contributed by atoms with Gasteiger partial charge in [0, 0.05) is 4.47 Å². The molecular weight excluding hydrogens is 448 g/mol. The van der Waals surface area contributed by atoms with Crippen LogP contribution >= 0.6 is 15.9 Å². The molecule has 5 nitrogen and oxygen atoms in total. The Morgan fingerprint density at radius 1 is 0.867 bits per heavy atom. The van der Waals surface area contributed by atoms with Crippen LogP contribution in [0.4, 0.5) is 0 Å². The summed E-state index contributed by atoms with van der Waals surface area (Å²) < 4.78 is 23.5. The highest BCUT2D eigenvalue weighted by molar-refractivity contribution is 9.10. The van der Waals surface area contributed by atoms with Crippen LogP contribution in [0.25, 0.3) is 0 Å². The molecule has 0 radical (unpaired) electrons. The molecule has 0 bridgehead atoms. The summed E-state index contributed by atoms with van der Waals surface area (Å²) in [6, 6.07) is 22.9. The number of carbonyl (C=O) groups excluding carboxylic acids is 1. The minimum Gasteiger partial charge on any atom is -0.488 e. The number of hydrogen-bond donors (Lipinski definition) is 0. The van der Waals surface area contributed by atoms with Crippen molar-refractivity contribution in [3.05, 3.63) is 99.5 Å². The first kappa shape index (κ1) is 20.6. The smallest absolute Gasteiger partial charge is 0.339 e. The van der Waals surface area contributed by atoms with E-state index in [4.69, 9.17) is 18.9 Å². The van der Waals surface area contributed by atoms with E-state index in [0.29, 0.717) is 41.2 Å². The highest BCUT2D eigenvalue weighted by Crippen LogP contribution is 2.39. The summed E-state index contributed by atoms with van der Waals surface area (Å²) >= 11 is 3.55. The lowest BCUT2D eigenvalue weighted by atomic mass is 10.1. The summed E-state index contributed by atoms with van der Waals surface area (Å²) in [5, 5.41) is 0. The predicted octanol–water partition coefficient (Wildman–Crippen LogP) is 5.43. The van der Waals surface area contributed by atoms with E-state index in [1.165, 1.54) is 0 Å². The average molecular weight is 469 g/mol. The molecule has 3 aromatic carbocycles. The molecule has 154 valence electrons. The van der Waals surface area contributed by atoms with Gasteiger partial charge in [0.25, 0.3) is 0 Å². The first-order valence-electron chi connectivity index (χ1n) is 9.66. The van der Waals surface area contributed by atoms with Crippen molar-refractivity contribution in [1.82, 2.24) is 0 Å². The summed E-state index contributed by atoms with van der Waals surface area (Å²) in [5.74, 6) is 0.164. The van der Waals surface area contributed by atoms with Gasteiger partial charge in [0.05, 0.1) is 24.3 Å². The Kier molecular flexibility index (Phi) is 6.79. The lowest BCUT2D eigenvalue weighted by molar-refractivity contribution is -0.0464. The van der Waals surface area contributed by atoms with Crippen LogP contribution in [0.5, 0.6) is 5.75 Å². The quantitative estimate of drug-likeness (QED) is 0.432. The third-order valence-corrected chi connectivity index (χ3v) is 5.52. The van der Waals surface area contributed by atoms with Gasteiger partial charge in [-0.05, 0) is 39.2 Å². The van der Waals surface area contributed by atoms with Crippen molar-refractivity contribution in [2.45, 2.75) is 19.5 Å². The van der Waals surface area contributed by atoms with E-state index in [0.717, 1.165) is 11.1 Å². The van der Waals surface area contributed by atoms with Crippen molar-refractivity contribution >= 4 is 21.9 Å². The number of rotatable bonds is 7. The molecule has 0 unspecified atom stereocenters. The van der Waals surface area contributed by atoms with E-state index >= 15 is 0 Å². The van der Waals surface area contributed by atoms with Crippen molar-refractivity contribution in [1.29, 1.82) is 0 Å². The van der Waals surface area contributed by atoms with Gasteiger partial charge in [-0.15, -0.1) is 0 Å². The molecule has 1 saturated heterocycles. The predicted molar refractivity (Wildman–Crippen MR) is 115 cm³/mol. The van der Waals surface area contributed by atoms with Gasteiger partial charge in [-0.3, -0.25) is 0 Å². The summed E-state index contributed by atoms with van der Waals surface area (Å²) in [4.78, 5) is 12.7. The second-order valence-electron chi connectivity index (χ2n) is 6.75. The second-order valence-corrected chi connectivity index (χ2v) is 7.54. The first-order valence-corrected chi connectivity index (χ1v) is 10.4. The second kappa shape index (κ2) is 9.89. The Balaban J connectivity index is 1.56. The molecular formula is C24H21BrO5. The van der Waals surface area contributed by atoms with E-state index in [1.54, 1.807) is 12.1 Å². The van der Waals surface area contributed by atoms with Gasteiger partial charge >= 0.3 is 5.97 Å². The first-order chi connectivity index (χ1) is 14.7. The van der Waals surface area contributed by atoms with Crippen LogP contribution in [0, 0.1) is 0 Å². The van der Waals surface area contributed by atoms with Crippen molar-refractivity contribution in [3.8, 4) is 5.75 Å². The van der Waals surface area contributed by atoms with Crippen LogP contribution in [0.15, 0.2) is 77.3 Å². The van der Waals surface area contributed by atoms with Crippen LogP contribution < -0.4 is 4.74 Å². The van der Waals surface area contributed by atoms with Gasteiger partial charge in [-0.1, -0.05) is 60.7 Å². The molecule has 0 aliphatic carbocycles. The van der Waals surface area contributed by atoms with Crippen LogP contribution in [0.2, 0.25) is 0 Å². The number of esters is 1. The molecule has 6 heteroatoms. The zero-order valence-corrected chi connectivity index (χ0v) is 17.8. The summed E-state index contributed by atoms with van der Waals surface area (Å²) in [6.45, 7) is 1.56. The fraction of sp³-hybridized carbons (Fsp3) is 0.208. The molecule has 1 heterocycles. The molecule has 30 heavy (non-hydrogen) atoms. The molecule has 0 N–H and O–H groups in total. The standard InChI is InChI=1S/C24H21BrO5/c25-22-19(23(26)30-16-18-9-5-2-6-10-18)11-12-20(21(22)24-27-13-14-28-24)29-15-17-7-3-1-4-8-17/h1-12,24H,13-16H2. The number of ether oxygens (including phenoxy) is 4. The van der Waals surface area contributed by atoms with Gasteiger partial charge in [-0.25, -0.2) is 4.79 Å². The molecule has 3 aromatic rings. The zero-order valence-electron chi connectivity index (χ0n) is 16.3. The molecule has 1 aliphatic rings. The Morgan fingerprint density at radius 2 is 1.47 bits per heavy atom. The van der Waals surface area contributed by atoms with Crippen molar-refractivity contribution < 1.29 is 23.7 Å². The van der Waals surface area contributed by atoms with E-state index in [2.05, 4.69) is 15.9 Å². The van der Waals surface area contributed by atoms with E-state index in [-0.39, 0.29) is 6.61 Å². The average Bonchev–Trinajstić information content (AvgIpc) is 3.32. The largest absolute Gasteiger partial charge is 0.488 e. The fourth-order valence-electron chi connectivity index (χ4n) is 3.14. The molecule has 1 aliphatic heterocycles. The third-order valence-electron chi connectivity index (χ3n) is 4.67. The van der Waals surface area contributed by atoms with Crippen molar-refractivity contribution in [2.75, 3.05) is 13.2 Å². The van der Waals surface area contributed by atoms with Crippen molar-refractivity contribution in [3.63, 3.8) is 0 Å². The molecule has 0 saturated carbocycles. The summed E-state index contributed by atoms with van der Waals surface area (Å²) in [6.07, 6.45) is -0.605. The SMILES string of the molecule is O=C(OCc1ccccc1)c1ccc(OCc2ccccc2)c(C2OCCO2)c1Br. The fourth-order valence-corrected chi connectivity index (χ4v) is 3.82. The highest BCUT2D eigenvalue weighted by atomic mass is 79.9. The maximum Gasteiger partial charge on any atom is 0.339 e. The normalized spacial score (nSPS) is 13.9. The zero-order chi connectivity index (χ0) is 20.8. The Labute approximate surface area is 183 Å². The Morgan fingerprint density at radius 3 is 2.10 bits per heavy atom. The third kappa shape index (κ3) is 4.90. The Hall–Kier alpha value is -2.67. The van der Waals surface area contributed by atoms with E-state index < -0.39 is 12.3 Å². The number of carbonyl (C=O) groups is 1. The molecule has 4 rings (SSSR count). The molecule has 0 amide bonds. The molecule has 0 spiro atoms. The van der Waals surface area contributed by atoms with Gasteiger partial charge in [0.1, 0.15) is 19.0 Å². The minimum absolute atomic E-state index is 0.199. The molecule has 0 atom stereocenters. The van der Waals surface area contributed by atoms with Crippen LogP contribution in [0.1, 0.15) is 33.3 Å². The van der Waals surface area contributed by atoms with Crippen molar-refractivity contribution in [2.24, 2.45) is 0 Å². The van der Waals surface area contributed by atoms with Gasteiger partial charge in [0.15, 0.2) is 6.29 Å². The number of benzene rings is 3. The maximum atomic E-state index is 12.7. The van der Waals surface area contributed by atoms with E-state index in [1.807, 2.05) is 60.7 Å². The Bertz CT molecular complexity index is 985. The van der Waals surface area contributed by atoms with Gasteiger partial charge < -0.3 is 18.9 Å². The topological polar surface area (TPSA) is 54.0 Å².